The first-order chi connectivity index (χ1) is 9.70. The molecule has 1 aromatic rings. The highest BCUT2D eigenvalue weighted by Gasteiger charge is 2.17. The Hall–Kier alpha value is -1.88. The van der Waals surface area contributed by atoms with E-state index in [9.17, 15) is 4.79 Å². The Labute approximate surface area is 119 Å². The maximum Gasteiger partial charge on any atom is 0.333 e. The Bertz CT molecular complexity index is 465. The van der Waals surface area contributed by atoms with Gasteiger partial charge in [0.2, 0.25) is 0 Å². The van der Waals surface area contributed by atoms with E-state index in [1.54, 1.807) is 6.92 Å². The molecule has 1 saturated heterocycles. The fourth-order valence-electron chi connectivity index (χ4n) is 2.21. The van der Waals surface area contributed by atoms with Crippen LogP contribution in [-0.2, 0) is 9.53 Å². The van der Waals surface area contributed by atoms with Crippen LogP contribution in [0.2, 0.25) is 0 Å². The van der Waals surface area contributed by atoms with E-state index in [1.807, 2.05) is 30.5 Å². The summed E-state index contributed by atoms with van der Waals surface area (Å²) in [6.07, 6.45) is 3.76. The van der Waals surface area contributed by atoms with Gasteiger partial charge in [0.1, 0.15) is 5.82 Å². The van der Waals surface area contributed by atoms with Crippen molar-refractivity contribution in [3.63, 3.8) is 0 Å². The van der Waals surface area contributed by atoms with E-state index >= 15 is 0 Å². The highest BCUT2D eigenvalue weighted by atomic mass is 16.5. The number of pyridine rings is 1. The summed E-state index contributed by atoms with van der Waals surface area (Å²) < 4.78 is 4.68. The minimum Gasteiger partial charge on any atom is -0.466 e. The molecule has 20 heavy (non-hydrogen) atoms. The summed E-state index contributed by atoms with van der Waals surface area (Å²) in [5.74, 6) is 0.783. The Morgan fingerprint density at radius 3 is 2.70 bits per heavy atom. The fraction of sp³-hybridized carbons (Fsp3) is 0.467. The summed E-state index contributed by atoms with van der Waals surface area (Å²) in [6, 6.07) is 5.98. The van der Waals surface area contributed by atoms with Crippen molar-refractivity contribution in [3.8, 4) is 0 Å². The van der Waals surface area contributed by atoms with Gasteiger partial charge in [-0.15, -0.1) is 0 Å². The number of methoxy groups -OCH3 is 1. The zero-order valence-electron chi connectivity index (χ0n) is 12.1. The summed E-state index contributed by atoms with van der Waals surface area (Å²) in [5.41, 5.74) is 0.666. The van der Waals surface area contributed by atoms with Gasteiger partial charge in [-0.2, -0.15) is 0 Å². The van der Waals surface area contributed by atoms with Gasteiger partial charge < -0.3 is 9.64 Å². The standard InChI is InChI=1S/C15H21N3O2/c1-13(15(19)20-2)6-8-17-9-11-18(12-10-17)14-5-3-4-7-16-14/h3-7H,8-12H2,1-2H3. The third kappa shape index (κ3) is 3.81. The van der Waals surface area contributed by atoms with Crippen molar-refractivity contribution in [2.75, 3.05) is 44.7 Å². The lowest BCUT2D eigenvalue weighted by Crippen LogP contribution is -2.46. The van der Waals surface area contributed by atoms with E-state index in [4.69, 9.17) is 0 Å². The molecule has 0 bridgehead atoms. The van der Waals surface area contributed by atoms with Crippen LogP contribution in [0, 0.1) is 0 Å². The normalized spacial score (nSPS) is 17.1. The van der Waals surface area contributed by atoms with Crippen LogP contribution in [0.4, 0.5) is 5.82 Å². The quantitative estimate of drug-likeness (QED) is 0.612. The first-order valence-electron chi connectivity index (χ1n) is 6.84. The smallest absolute Gasteiger partial charge is 0.333 e. The van der Waals surface area contributed by atoms with Crippen molar-refractivity contribution >= 4 is 11.8 Å². The van der Waals surface area contributed by atoms with Crippen LogP contribution in [0.25, 0.3) is 0 Å². The Morgan fingerprint density at radius 1 is 1.35 bits per heavy atom. The number of nitrogens with zero attached hydrogens (tertiary/aromatic N) is 3. The zero-order valence-corrected chi connectivity index (χ0v) is 12.1. The first-order valence-corrected chi connectivity index (χ1v) is 6.84. The first kappa shape index (κ1) is 14.5. The summed E-state index contributed by atoms with van der Waals surface area (Å²) >= 11 is 0. The second kappa shape index (κ2) is 7.05. The molecule has 0 spiro atoms. The van der Waals surface area contributed by atoms with Gasteiger partial charge in [-0.25, -0.2) is 9.78 Å². The Kier molecular flexibility index (Phi) is 5.12. The van der Waals surface area contributed by atoms with E-state index in [-0.39, 0.29) is 5.97 Å². The van der Waals surface area contributed by atoms with Crippen molar-refractivity contribution in [2.45, 2.75) is 6.92 Å². The van der Waals surface area contributed by atoms with Gasteiger partial charge in [0.15, 0.2) is 0 Å². The second-order valence-electron chi connectivity index (χ2n) is 4.85. The highest BCUT2D eigenvalue weighted by Crippen LogP contribution is 2.12. The van der Waals surface area contributed by atoms with Crippen molar-refractivity contribution in [1.29, 1.82) is 0 Å². The second-order valence-corrected chi connectivity index (χ2v) is 4.85. The number of anilines is 1. The van der Waals surface area contributed by atoms with E-state index in [1.165, 1.54) is 7.11 Å². The molecule has 0 amide bonds. The lowest BCUT2D eigenvalue weighted by atomic mass is 10.2. The van der Waals surface area contributed by atoms with Gasteiger partial charge >= 0.3 is 5.97 Å². The Morgan fingerprint density at radius 2 is 2.10 bits per heavy atom. The van der Waals surface area contributed by atoms with Crippen LogP contribution in [-0.4, -0.2) is 55.7 Å². The molecule has 0 atom stereocenters. The molecule has 1 fully saturated rings. The predicted octanol–water partition coefficient (Wildman–Crippen LogP) is 1.32. The van der Waals surface area contributed by atoms with Crippen LogP contribution < -0.4 is 4.90 Å². The molecule has 2 heterocycles. The summed E-state index contributed by atoms with van der Waals surface area (Å²) in [5, 5.41) is 0. The van der Waals surface area contributed by atoms with Crippen LogP contribution in [0.1, 0.15) is 6.92 Å². The molecular weight excluding hydrogens is 254 g/mol. The third-order valence-electron chi connectivity index (χ3n) is 3.51. The highest BCUT2D eigenvalue weighted by molar-refractivity contribution is 5.87. The lowest BCUT2D eigenvalue weighted by Gasteiger charge is -2.34. The minimum absolute atomic E-state index is 0.253. The molecule has 0 aliphatic carbocycles. The lowest BCUT2D eigenvalue weighted by molar-refractivity contribution is -0.136. The third-order valence-corrected chi connectivity index (χ3v) is 3.51. The van der Waals surface area contributed by atoms with E-state index in [0.29, 0.717) is 5.57 Å². The van der Waals surface area contributed by atoms with E-state index in [2.05, 4.69) is 19.5 Å². The molecule has 0 radical (unpaired) electrons. The number of ether oxygens (including phenoxy) is 1. The number of carbonyl (C=O) groups excluding carboxylic acids is 1. The number of hydrogen-bond donors (Lipinski definition) is 0. The molecule has 5 heteroatoms. The molecule has 0 saturated carbocycles. The van der Waals surface area contributed by atoms with Crippen molar-refractivity contribution in [1.82, 2.24) is 9.88 Å². The number of carbonyl (C=O) groups is 1. The number of esters is 1. The zero-order chi connectivity index (χ0) is 14.4. The molecule has 108 valence electrons. The van der Waals surface area contributed by atoms with Gasteiger partial charge in [-0.3, -0.25) is 4.90 Å². The SMILES string of the molecule is COC(=O)C(C)=CCN1CCN(c2ccccn2)CC1. The maximum absolute atomic E-state index is 11.3. The number of piperazine rings is 1. The fourth-order valence-corrected chi connectivity index (χ4v) is 2.21. The molecule has 0 unspecified atom stereocenters. The molecule has 1 aromatic heterocycles. The molecule has 1 aliphatic rings. The summed E-state index contributed by atoms with van der Waals surface area (Å²) in [4.78, 5) is 20.3. The minimum atomic E-state index is -0.253. The number of aromatic nitrogens is 1. The van der Waals surface area contributed by atoms with Crippen molar-refractivity contribution < 1.29 is 9.53 Å². The number of rotatable bonds is 4. The molecule has 0 N–H and O–H groups in total. The van der Waals surface area contributed by atoms with Crippen LogP contribution in [0.5, 0.6) is 0 Å². The van der Waals surface area contributed by atoms with Crippen LogP contribution in [0.15, 0.2) is 36.0 Å². The molecule has 1 aliphatic heterocycles. The molecule has 2 rings (SSSR count). The summed E-state index contributed by atoms with van der Waals surface area (Å²) in [6.45, 7) is 6.44. The van der Waals surface area contributed by atoms with Gasteiger partial charge in [-0.1, -0.05) is 12.1 Å². The van der Waals surface area contributed by atoms with Gasteiger partial charge in [0.05, 0.1) is 7.11 Å². The van der Waals surface area contributed by atoms with Crippen molar-refractivity contribution in [3.05, 3.63) is 36.0 Å². The maximum atomic E-state index is 11.3. The average molecular weight is 275 g/mol. The van der Waals surface area contributed by atoms with Crippen LogP contribution >= 0.6 is 0 Å². The summed E-state index contributed by atoms with van der Waals surface area (Å²) in [7, 11) is 1.41. The molecule has 5 nitrogen and oxygen atoms in total. The van der Waals surface area contributed by atoms with E-state index in [0.717, 1.165) is 38.5 Å². The van der Waals surface area contributed by atoms with Gasteiger partial charge in [0, 0.05) is 44.5 Å². The largest absolute Gasteiger partial charge is 0.466 e. The molecule has 0 aromatic carbocycles. The van der Waals surface area contributed by atoms with Crippen LogP contribution in [0.3, 0.4) is 0 Å². The molecular formula is C15H21N3O2. The number of hydrogen-bond acceptors (Lipinski definition) is 5. The monoisotopic (exact) mass is 275 g/mol. The topological polar surface area (TPSA) is 45.7 Å². The predicted molar refractivity (Wildman–Crippen MR) is 78.7 cm³/mol. The van der Waals surface area contributed by atoms with Crippen molar-refractivity contribution in [2.24, 2.45) is 0 Å². The average Bonchev–Trinajstić information content (AvgIpc) is 2.53. The van der Waals surface area contributed by atoms with Gasteiger partial charge in [0.25, 0.3) is 0 Å². The van der Waals surface area contributed by atoms with E-state index < -0.39 is 0 Å². The van der Waals surface area contributed by atoms with Gasteiger partial charge in [-0.05, 0) is 19.1 Å². The Balaban J connectivity index is 1.82.